The monoisotopic (exact) mass is 196 g/mol. The summed E-state index contributed by atoms with van der Waals surface area (Å²) in [7, 11) is 3.50. The molecule has 1 rings (SSSR count). The van der Waals surface area contributed by atoms with Crippen molar-refractivity contribution in [2.24, 2.45) is 5.73 Å². The molecule has 5 nitrogen and oxygen atoms in total. The van der Waals surface area contributed by atoms with E-state index in [1.54, 1.807) is 19.1 Å². The normalized spacial score (nSPS) is 12.9. The first-order valence-electron chi connectivity index (χ1n) is 4.45. The number of hydrogen-bond acceptors (Lipinski definition) is 3. The van der Waals surface area contributed by atoms with Crippen molar-refractivity contribution in [2.45, 2.75) is 12.5 Å². The lowest BCUT2D eigenvalue weighted by Gasteiger charge is -2.15. The Morgan fingerprint density at radius 1 is 1.71 bits per heavy atom. The zero-order valence-electron chi connectivity index (χ0n) is 8.45. The standard InChI is InChI=1S/C9H16N4O/c1-13(2)12-9(14)8(10)6-7-4-3-5-11-7/h3-5,8,11H,6,10H2,1-2H3,(H,12,14). The molecule has 1 atom stereocenters. The van der Waals surface area contributed by atoms with E-state index < -0.39 is 6.04 Å². The maximum atomic E-state index is 11.4. The van der Waals surface area contributed by atoms with Gasteiger partial charge < -0.3 is 10.7 Å². The van der Waals surface area contributed by atoms with Crippen molar-refractivity contribution in [3.8, 4) is 0 Å². The minimum absolute atomic E-state index is 0.176. The molecular weight excluding hydrogens is 180 g/mol. The Bertz CT molecular complexity index is 281. The Morgan fingerprint density at radius 3 is 2.93 bits per heavy atom. The van der Waals surface area contributed by atoms with Crippen LogP contribution in [-0.2, 0) is 11.2 Å². The van der Waals surface area contributed by atoms with E-state index in [-0.39, 0.29) is 5.91 Å². The van der Waals surface area contributed by atoms with Crippen LogP contribution in [-0.4, -0.2) is 36.0 Å². The summed E-state index contributed by atoms with van der Waals surface area (Å²) in [5.41, 5.74) is 9.27. The molecule has 1 aromatic heterocycles. The molecule has 78 valence electrons. The number of nitrogens with two attached hydrogens (primary N) is 1. The predicted octanol–water partition coefficient (Wildman–Crippen LogP) is -0.523. The van der Waals surface area contributed by atoms with Gasteiger partial charge in [0.2, 0.25) is 0 Å². The Morgan fingerprint density at radius 2 is 2.43 bits per heavy atom. The number of nitrogens with one attached hydrogen (secondary N) is 2. The molecule has 4 N–H and O–H groups in total. The van der Waals surface area contributed by atoms with Crippen LogP contribution < -0.4 is 11.2 Å². The SMILES string of the molecule is CN(C)NC(=O)C(N)Cc1ccc[nH]1. The second kappa shape index (κ2) is 4.78. The van der Waals surface area contributed by atoms with Gasteiger partial charge in [-0.3, -0.25) is 10.2 Å². The summed E-state index contributed by atoms with van der Waals surface area (Å²) in [6, 6.07) is 3.27. The molecule has 0 bridgehead atoms. The van der Waals surface area contributed by atoms with Crippen LogP contribution in [0.15, 0.2) is 18.3 Å². The second-order valence-electron chi connectivity index (χ2n) is 3.38. The van der Waals surface area contributed by atoms with Crippen LogP contribution in [0.1, 0.15) is 5.69 Å². The molecule has 0 spiro atoms. The van der Waals surface area contributed by atoms with E-state index in [9.17, 15) is 4.79 Å². The molecule has 0 saturated heterocycles. The number of hydrazine groups is 1. The molecule has 0 aromatic carbocycles. The number of aromatic nitrogens is 1. The number of H-pyrrole nitrogens is 1. The van der Waals surface area contributed by atoms with Gasteiger partial charge >= 0.3 is 0 Å². The lowest BCUT2D eigenvalue weighted by Crippen LogP contribution is -2.47. The van der Waals surface area contributed by atoms with Crippen LogP contribution >= 0.6 is 0 Å². The van der Waals surface area contributed by atoms with Crippen LogP contribution in [0, 0.1) is 0 Å². The summed E-state index contributed by atoms with van der Waals surface area (Å²) in [6.07, 6.45) is 2.33. The first-order valence-corrected chi connectivity index (χ1v) is 4.45. The molecule has 0 radical (unpaired) electrons. The first-order chi connectivity index (χ1) is 6.59. The van der Waals surface area contributed by atoms with Gasteiger partial charge in [0, 0.05) is 32.4 Å². The van der Waals surface area contributed by atoms with Gasteiger partial charge in [-0.1, -0.05) is 0 Å². The zero-order valence-corrected chi connectivity index (χ0v) is 8.45. The summed E-state index contributed by atoms with van der Waals surface area (Å²) in [6.45, 7) is 0. The maximum Gasteiger partial charge on any atom is 0.251 e. The Labute approximate surface area is 83.2 Å². The molecule has 0 aliphatic carbocycles. The predicted molar refractivity (Wildman–Crippen MR) is 54.3 cm³/mol. The molecule has 0 fully saturated rings. The van der Waals surface area contributed by atoms with Crippen LogP contribution in [0.25, 0.3) is 0 Å². The first kappa shape index (κ1) is 10.7. The number of hydrogen-bond donors (Lipinski definition) is 3. The number of carbonyl (C=O) groups excluding carboxylic acids is 1. The van der Waals surface area contributed by atoms with E-state index >= 15 is 0 Å². The smallest absolute Gasteiger partial charge is 0.251 e. The number of nitrogens with zero attached hydrogens (tertiary/aromatic N) is 1. The third-order valence-corrected chi connectivity index (χ3v) is 1.77. The van der Waals surface area contributed by atoms with E-state index in [0.717, 1.165) is 5.69 Å². The van der Waals surface area contributed by atoms with Crippen molar-refractivity contribution < 1.29 is 4.79 Å². The molecule has 5 heteroatoms. The maximum absolute atomic E-state index is 11.4. The minimum atomic E-state index is -0.518. The molecule has 1 aromatic rings. The van der Waals surface area contributed by atoms with Gasteiger partial charge in [0.1, 0.15) is 0 Å². The molecular formula is C9H16N4O. The van der Waals surface area contributed by atoms with E-state index in [1.807, 2.05) is 18.3 Å². The van der Waals surface area contributed by atoms with Crippen molar-refractivity contribution in [3.05, 3.63) is 24.0 Å². The fourth-order valence-electron chi connectivity index (χ4n) is 1.13. The second-order valence-corrected chi connectivity index (χ2v) is 3.38. The van der Waals surface area contributed by atoms with Crippen LogP contribution in [0.3, 0.4) is 0 Å². The van der Waals surface area contributed by atoms with Crippen molar-refractivity contribution >= 4 is 5.91 Å². The zero-order chi connectivity index (χ0) is 10.6. The Hall–Kier alpha value is -1.33. The van der Waals surface area contributed by atoms with Gasteiger partial charge in [-0.05, 0) is 12.1 Å². The third kappa shape index (κ3) is 3.20. The van der Waals surface area contributed by atoms with Gasteiger partial charge in [-0.25, -0.2) is 5.01 Å². The highest BCUT2D eigenvalue weighted by Gasteiger charge is 2.14. The lowest BCUT2D eigenvalue weighted by molar-refractivity contribution is -0.126. The Balaban J connectivity index is 2.42. The summed E-state index contributed by atoms with van der Waals surface area (Å²) in [5, 5.41) is 1.58. The average Bonchev–Trinajstić information content (AvgIpc) is 2.55. The van der Waals surface area contributed by atoms with Crippen LogP contribution in [0.4, 0.5) is 0 Å². The minimum Gasteiger partial charge on any atom is -0.365 e. The largest absolute Gasteiger partial charge is 0.365 e. The van der Waals surface area contributed by atoms with E-state index in [1.165, 1.54) is 0 Å². The van der Waals surface area contributed by atoms with E-state index in [4.69, 9.17) is 5.73 Å². The summed E-state index contributed by atoms with van der Waals surface area (Å²) < 4.78 is 0. The van der Waals surface area contributed by atoms with Crippen LogP contribution in [0.2, 0.25) is 0 Å². The quantitative estimate of drug-likeness (QED) is 0.567. The molecule has 0 aliphatic rings. The average molecular weight is 196 g/mol. The summed E-state index contributed by atoms with van der Waals surface area (Å²) in [5.74, 6) is -0.176. The van der Waals surface area contributed by atoms with Crippen LogP contribution in [0.5, 0.6) is 0 Å². The number of carbonyl (C=O) groups is 1. The van der Waals surface area contributed by atoms with Crippen molar-refractivity contribution in [1.82, 2.24) is 15.4 Å². The third-order valence-electron chi connectivity index (χ3n) is 1.77. The van der Waals surface area contributed by atoms with Crippen molar-refractivity contribution in [2.75, 3.05) is 14.1 Å². The van der Waals surface area contributed by atoms with E-state index in [2.05, 4.69) is 10.4 Å². The van der Waals surface area contributed by atoms with Gasteiger partial charge in [-0.2, -0.15) is 0 Å². The molecule has 0 saturated carbocycles. The lowest BCUT2D eigenvalue weighted by atomic mass is 10.1. The van der Waals surface area contributed by atoms with E-state index in [0.29, 0.717) is 6.42 Å². The fraction of sp³-hybridized carbons (Fsp3) is 0.444. The molecule has 0 aliphatic heterocycles. The van der Waals surface area contributed by atoms with Crippen molar-refractivity contribution in [1.29, 1.82) is 0 Å². The summed E-state index contributed by atoms with van der Waals surface area (Å²) in [4.78, 5) is 14.4. The number of aromatic amines is 1. The molecule has 1 amide bonds. The highest BCUT2D eigenvalue weighted by Crippen LogP contribution is 1.98. The highest BCUT2D eigenvalue weighted by molar-refractivity contribution is 5.81. The molecule has 1 unspecified atom stereocenters. The van der Waals surface area contributed by atoms with Gasteiger partial charge in [0.25, 0.3) is 5.91 Å². The molecule has 1 heterocycles. The topological polar surface area (TPSA) is 74.2 Å². The van der Waals surface area contributed by atoms with Crippen molar-refractivity contribution in [3.63, 3.8) is 0 Å². The summed E-state index contributed by atoms with van der Waals surface area (Å²) >= 11 is 0. The van der Waals surface area contributed by atoms with Gasteiger partial charge in [-0.15, -0.1) is 0 Å². The number of amides is 1. The Kier molecular flexibility index (Phi) is 3.67. The van der Waals surface area contributed by atoms with Gasteiger partial charge in [0.15, 0.2) is 0 Å². The fourth-order valence-corrected chi connectivity index (χ4v) is 1.13. The van der Waals surface area contributed by atoms with Gasteiger partial charge in [0.05, 0.1) is 6.04 Å². The number of rotatable bonds is 4. The highest BCUT2D eigenvalue weighted by atomic mass is 16.2. The molecule has 14 heavy (non-hydrogen) atoms.